The molecule has 0 radical (unpaired) electrons. The maximum absolute atomic E-state index is 11.5. The van der Waals surface area contributed by atoms with Gasteiger partial charge in [0, 0.05) is 28.9 Å². The first-order valence-electron chi connectivity index (χ1n) is 4.24. The van der Waals surface area contributed by atoms with Crippen LogP contribution in [0.4, 0.5) is 0 Å². The summed E-state index contributed by atoms with van der Waals surface area (Å²) in [7, 11) is -4.59. The Kier molecular flexibility index (Phi) is 4.00. The highest BCUT2D eigenvalue weighted by Crippen LogP contribution is 2.02. The van der Waals surface area contributed by atoms with Crippen LogP contribution in [0.25, 0.3) is 0 Å². The SMILES string of the molecule is CC(CNS(=O)(=O)c1cnc[nH]1)S(C)=O. The summed E-state index contributed by atoms with van der Waals surface area (Å²) in [5.41, 5.74) is 0. The zero-order valence-corrected chi connectivity index (χ0v) is 10.1. The Balaban J connectivity index is 2.63. The number of H-pyrrole nitrogens is 1. The Bertz CT molecular complexity index is 426. The fourth-order valence-electron chi connectivity index (χ4n) is 0.812. The second-order valence-electron chi connectivity index (χ2n) is 3.08. The Morgan fingerprint density at radius 1 is 1.67 bits per heavy atom. The lowest BCUT2D eigenvalue weighted by molar-refractivity contribution is 0.577. The summed E-state index contributed by atoms with van der Waals surface area (Å²) < 4.78 is 36.4. The van der Waals surface area contributed by atoms with Crippen molar-refractivity contribution in [2.45, 2.75) is 17.2 Å². The summed E-state index contributed by atoms with van der Waals surface area (Å²) in [6, 6.07) is 0. The van der Waals surface area contributed by atoms with Gasteiger partial charge >= 0.3 is 0 Å². The topological polar surface area (TPSA) is 91.9 Å². The number of aromatic nitrogens is 2. The van der Waals surface area contributed by atoms with Crippen LogP contribution < -0.4 is 4.72 Å². The number of nitrogens with zero attached hydrogens (tertiary/aromatic N) is 1. The van der Waals surface area contributed by atoms with E-state index in [-0.39, 0.29) is 16.8 Å². The molecular weight excluding hydrogens is 238 g/mol. The van der Waals surface area contributed by atoms with Gasteiger partial charge in [-0.15, -0.1) is 0 Å². The smallest absolute Gasteiger partial charge is 0.257 e. The predicted molar refractivity (Wildman–Crippen MR) is 57.3 cm³/mol. The average molecular weight is 251 g/mol. The van der Waals surface area contributed by atoms with Gasteiger partial charge in [-0.25, -0.2) is 18.1 Å². The molecule has 0 fully saturated rings. The highest BCUT2D eigenvalue weighted by atomic mass is 32.2. The molecule has 1 rings (SSSR count). The van der Waals surface area contributed by atoms with Gasteiger partial charge < -0.3 is 4.98 Å². The molecule has 1 heterocycles. The lowest BCUT2D eigenvalue weighted by Crippen LogP contribution is -2.32. The van der Waals surface area contributed by atoms with Crippen LogP contribution in [0, 0.1) is 0 Å². The molecule has 0 aromatic carbocycles. The number of sulfonamides is 1. The third-order valence-electron chi connectivity index (χ3n) is 1.89. The normalized spacial score (nSPS) is 16.1. The van der Waals surface area contributed by atoms with Gasteiger partial charge in [0.2, 0.25) is 0 Å². The average Bonchev–Trinajstić information content (AvgIpc) is 2.67. The Morgan fingerprint density at radius 2 is 2.33 bits per heavy atom. The molecule has 2 N–H and O–H groups in total. The minimum Gasteiger partial charge on any atom is -0.335 e. The molecule has 2 unspecified atom stereocenters. The largest absolute Gasteiger partial charge is 0.335 e. The predicted octanol–water partition coefficient (Wildman–Crippen LogP) is -0.545. The second kappa shape index (κ2) is 4.86. The molecule has 0 bridgehead atoms. The molecule has 0 aliphatic heterocycles. The van der Waals surface area contributed by atoms with E-state index < -0.39 is 20.8 Å². The van der Waals surface area contributed by atoms with E-state index in [1.165, 1.54) is 18.8 Å². The van der Waals surface area contributed by atoms with E-state index in [0.717, 1.165) is 0 Å². The maximum Gasteiger partial charge on any atom is 0.257 e. The number of hydrogen-bond acceptors (Lipinski definition) is 4. The Labute approximate surface area is 91.0 Å². The fraction of sp³-hybridized carbons (Fsp3) is 0.571. The Morgan fingerprint density at radius 3 is 2.80 bits per heavy atom. The molecule has 0 saturated carbocycles. The van der Waals surface area contributed by atoms with Crippen molar-refractivity contribution in [2.24, 2.45) is 0 Å². The van der Waals surface area contributed by atoms with Crippen molar-refractivity contribution < 1.29 is 12.6 Å². The summed E-state index contributed by atoms with van der Waals surface area (Å²) in [6.07, 6.45) is 4.04. The third-order valence-corrected chi connectivity index (χ3v) is 4.54. The molecule has 15 heavy (non-hydrogen) atoms. The summed E-state index contributed by atoms with van der Waals surface area (Å²) in [6.45, 7) is 1.86. The standard InChI is InChI=1S/C7H13N3O3S2/c1-6(14(2)11)3-10-15(12,13)7-4-8-5-9-7/h4-6,10H,3H2,1-2H3,(H,8,9). The molecule has 0 aliphatic carbocycles. The monoisotopic (exact) mass is 251 g/mol. The highest BCUT2D eigenvalue weighted by Gasteiger charge is 2.17. The number of nitrogens with one attached hydrogen (secondary N) is 2. The molecule has 0 saturated heterocycles. The molecule has 8 heteroatoms. The first-order valence-corrected chi connectivity index (χ1v) is 7.34. The van der Waals surface area contributed by atoms with Crippen molar-refractivity contribution in [3.8, 4) is 0 Å². The van der Waals surface area contributed by atoms with Crippen LogP contribution in [-0.4, -0.2) is 40.6 Å². The minimum absolute atomic E-state index is 0.0107. The summed E-state index contributed by atoms with van der Waals surface area (Å²) >= 11 is 0. The van der Waals surface area contributed by atoms with Crippen molar-refractivity contribution >= 4 is 20.8 Å². The number of aromatic amines is 1. The molecule has 0 aliphatic rings. The minimum atomic E-state index is -3.55. The molecule has 0 spiro atoms. The zero-order chi connectivity index (χ0) is 11.5. The first-order chi connectivity index (χ1) is 6.93. The molecule has 0 amide bonds. The van der Waals surface area contributed by atoms with E-state index in [1.807, 2.05) is 0 Å². The quantitative estimate of drug-likeness (QED) is 0.735. The lowest BCUT2D eigenvalue weighted by Gasteiger charge is -2.09. The van der Waals surface area contributed by atoms with Crippen LogP contribution >= 0.6 is 0 Å². The number of rotatable bonds is 5. The van der Waals surface area contributed by atoms with Gasteiger partial charge in [-0.1, -0.05) is 0 Å². The second-order valence-corrected chi connectivity index (χ2v) is 6.61. The van der Waals surface area contributed by atoms with Gasteiger partial charge in [0.1, 0.15) is 0 Å². The van der Waals surface area contributed by atoms with Crippen LogP contribution in [0.15, 0.2) is 17.6 Å². The van der Waals surface area contributed by atoms with Gasteiger partial charge in [0.05, 0.1) is 12.5 Å². The van der Waals surface area contributed by atoms with Crippen molar-refractivity contribution in [3.05, 3.63) is 12.5 Å². The maximum atomic E-state index is 11.5. The molecular formula is C7H13N3O3S2. The van der Waals surface area contributed by atoms with Gasteiger partial charge in [-0.05, 0) is 6.92 Å². The summed E-state index contributed by atoms with van der Waals surface area (Å²) in [5, 5.41) is -0.209. The number of imidazole rings is 1. The van der Waals surface area contributed by atoms with E-state index in [2.05, 4.69) is 14.7 Å². The van der Waals surface area contributed by atoms with E-state index in [9.17, 15) is 12.6 Å². The lowest BCUT2D eigenvalue weighted by atomic mass is 10.5. The molecule has 2 atom stereocenters. The van der Waals surface area contributed by atoms with Gasteiger partial charge in [-0.2, -0.15) is 0 Å². The van der Waals surface area contributed by atoms with E-state index in [0.29, 0.717) is 0 Å². The van der Waals surface area contributed by atoms with E-state index in [1.54, 1.807) is 6.92 Å². The van der Waals surface area contributed by atoms with Gasteiger partial charge in [0.15, 0.2) is 5.03 Å². The van der Waals surface area contributed by atoms with Crippen molar-refractivity contribution in [3.63, 3.8) is 0 Å². The first kappa shape index (κ1) is 12.3. The fourth-order valence-corrected chi connectivity index (χ4v) is 2.27. The Hall–Kier alpha value is -0.730. The molecule has 86 valence electrons. The van der Waals surface area contributed by atoms with Crippen molar-refractivity contribution in [1.29, 1.82) is 0 Å². The van der Waals surface area contributed by atoms with Crippen LogP contribution in [0.5, 0.6) is 0 Å². The van der Waals surface area contributed by atoms with E-state index in [4.69, 9.17) is 0 Å². The molecule has 1 aromatic heterocycles. The zero-order valence-electron chi connectivity index (χ0n) is 8.43. The highest BCUT2D eigenvalue weighted by molar-refractivity contribution is 7.89. The third kappa shape index (κ3) is 3.40. The number of hydrogen-bond donors (Lipinski definition) is 2. The molecule has 1 aromatic rings. The van der Waals surface area contributed by atoms with Gasteiger partial charge in [0.25, 0.3) is 10.0 Å². The van der Waals surface area contributed by atoms with Crippen LogP contribution in [0.1, 0.15) is 6.92 Å². The van der Waals surface area contributed by atoms with Crippen LogP contribution in [-0.2, 0) is 20.8 Å². The van der Waals surface area contributed by atoms with Crippen molar-refractivity contribution in [2.75, 3.05) is 12.8 Å². The van der Waals surface area contributed by atoms with Gasteiger partial charge in [-0.3, -0.25) is 4.21 Å². The van der Waals surface area contributed by atoms with Crippen molar-refractivity contribution in [1.82, 2.24) is 14.7 Å². The summed E-state index contributed by atoms with van der Waals surface area (Å²) in [5.74, 6) is 0. The van der Waals surface area contributed by atoms with E-state index >= 15 is 0 Å². The van der Waals surface area contributed by atoms with Crippen LogP contribution in [0.2, 0.25) is 0 Å². The summed E-state index contributed by atoms with van der Waals surface area (Å²) in [4.78, 5) is 6.11. The molecule has 6 nitrogen and oxygen atoms in total. The van der Waals surface area contributed by atoms with Crippen LogP contribution in [0.3, 0.4) is 0 Å².